The number of hydrogen-bond donors (Lipinski definition) is 1. The van der Waals surface area contributed by atoms with Gasteiger partial charge in [-0.1, -0.05) is 81.7 Å². The summed E-state index contributed by atoms with van der Waals surface area (Å²) in [6, 6.07) is 2.20. The minimum absolute atomic E-state index is 0.00523. The molecule has 2 aliphatic carbocycles. The van der Waals surface area contributed by atoms with Gasteiger partial charge in [0.05, 0.1) is 5.57 Å². The Labute approximate surface area is 251 Å². The predicted octanol–water partition coefficient (Wildman–Crippen LogP) is 8.62. The second-order valence-corrected chi connectivity index (χ2v) is 16.4. The minimum atomic E-state index is -0.646. The first-order chi connectivity index (χ1) is 18.6. The van der Waals surface area contributed by atoms with Crippen molar-refractivity contribution in [1.82, 2.24) is 5.32 Å². The molecule has 0 aromatic heterocycles. The summed E-state index contributed by atoms with van der Waals surface area (Å²) in [4.78, 5) is 39.0. The molecule has 2 rings (SSSR count). The molecular formula is C36H60N2O3. The lowest BCUT2D eigenvalue weighted by Gasteiger charge is -2.64. The van der Waals surface area contributed by atoms with Crippen LogP contribution in [0.2, 0.25) is 0 Å². The van der Waals surface area contributed by atoms with Gasteiger partial charge in [-0.05, 0) is 91.3 Å². The SMILES string of the molecule is CCNC(=O)C[C@@](C)(CCC(C)(C)CC)CCC(C)(C)[C@]1(C)CC[C@H]2C(C)(C)C(=O)C(C#N)=C[C@]2(C)[C@H]1CC(C)=O. The molecule has 0 spiro atoms. The summed E-state index contributed by atoms with van der Waals surface area (Å²) in [7, 11) is 0. The van der Waals surface area contributed by atoms with Gasteiger partial charge in [-0.3, -0.25) is 9.59 Å². The fraction of sp³-hybridized carbons (Fsp3) is 0.833. The van der Waals surface area contributed by atoms with Crippen LogP contribution in [-0.2, 0) is 14.4 Å². The molecule has 1 saturated carbocycles. The van der Waals surface area contributed by atoms with Gasteiger partial charge in [0.25, 0.3) is 0 Å². The summed E-state index contributed by atoms with van der Waals surface area (Å²) in [5.41, 5.74) is -1.04. The van der Waals surface area contributed by atoms with Crippen LogP contribution in [0.4, 0.5) is 0 Å². The number of amides is 1. The Kier molecular flexibility index (Phi) is 10.6. The molecule has 1 fully saturated rings. The van der Waals surface area contributed by atoms with Crippen molar-refractivity contribution in [3.05, 3.63) is 11.6 Å². The van der Waals surface area contributed by atoms with Crippen LogP contribution in [-0.4, -0.2) is 24.0 Å². The Bertz CT molecular complexity index is 1080. The number of nitriles is 1. The van der Waals surface area contributed by atoms with Gasteiger partial charge < -0.3 is 10.1 Å². The van der Waals surface area contributed by atoms with E-state index in [0.29, 0.717) is 19.4 Å². The largest absolute Gasteiger partial charge is 0.356 e. The van der Waals surface area contributed by atoms with Crippen molar-refractivity contribution >= 4 is 17.5 Å². The molecule has 0 radical (unpaired) electrons. The Morgan fingerprint density at radius 2 is 1.61 bits per heavy atom. The standard InChI is InChI=1S/C36H60N2O3/c1-13-31(4,5)17-19-34(10,23-29(40)38-14-2)20-18-32(6,7)36(12)16-15-27-33(8,9)30(41)26(24-37)22-35(27,11)28(36)21-25(3)39/h22,27-28H,13-21,23H2,1-12H3,(H,38,40)/t27-,28+,34-,35-,36+/m0/s1. The summed E-state index contributed by atoms with van der Waals surface area (Å²) in [5.74, 6) is 0.295. The molecular weight excluding hydrogens is 508 g/mol. The Balaban J connectivity index is 2.51. The molecule has 2 aliphatic rings. The van der Waals surface area contributed by atoms with E-state index < -0.39 is 10.8 Å². The highest BCUT2D eigenvalue weighted by Crippen LogP contribution is 2.68. The zero-order chi connectivity index (χ0) is 31.7. The average Bonchev–Trinajstić information content (AvgIpc) is 2.86. The van der Waals surface area contributed by atoms with E-state index in [-0.39, 0.29) is 56.5 Å². The first-order valence-electron chi connectivity index (χ1n) is 16.1. The van der Waals surface area contributed by atoms with E-state index in [1.165, 1.54) is 0 Å². The summed E-state index contributed by atoms with van der Waals surface area (Å²) in [6.07, 6.45) is 9.78. The molecule has 5 atom stereocenters. The van der Waals surface area contributed by atoms with Crippen LogP contribution in [0.3, 0.4) is 0 Å². The topological polar surface area (TPSA) is 87.0 Å². The maximum Gasteiger partial charge on any atom is 0.220 e. The van der Waals surface area contributed by atoms with Crippen LogP contribution in [0.1, 0.15) is 141 Å². The van der Waals surface area contributed by atoms with Crippen molar-refractivity contribution in [3.8, 4) is 6.07 Å². The van der Waals surface area contributed by atoms with Crippen molar-refractivity contribution < 1.29 is 14.4 Å². The van der Waals surface area contributed by atoms with Crippen LogP contribution >= 0.6 is 0 Å². The number of nitrogens with one attached hydrogen (secondary N) is 1. The third-order valence-electron chi connectivity index (χ3n) is 12.2. The molecule has 0 bridgehead atoms. The van der Waals surface area contributed by atoms with E-state index in [9.17, 15) is 19.6 Å². The summed E-state index contributed by atoms with van der Waals surface area (Å²) in [6.45, 7) is 26.7. The number of carbonyl (C=O) groups excluding carboxylic acids is 3. The lowest BCUT2D eigenvalue weighted by molar-refractivity contribution is -0.156. The molecule has 232 valence electrons. The smallest absolute Gasteiger partial charge is 0.220 e. The van der Waals surface area contributed by atoms with Crippen LogP contribution < -0.4 is 5.32 Å². The number of carbonyl (C=O) groups is 3. The second kappa shape index (κ2) is 12.3. The highest BCUT2D eigenvalue weighted by molar-refractivity contribution is 6.04. The van der Waals surface area contributed by atoms with Gasteiger partial charge in [0.2, 0.25) is 5.91 Å². The predicted molar refractivity (Wildman–Crippen MR) is 168 cm³/mol. The second-order valence-electron chi connectivity index (χ2n) is 16.4. The molecule has 5 nitrogen and oxygen atoms in total. The molecule has 5 heteroatoms. The van der Waals surface area contributed by atoms with E-state index >= 15 is 0 Å². The van der Waals surface area contributed by atoms with Gasteiger partial charge in [0.1, 0.15) is 11.9 Å². The Morgan fingerprint density at radius 3 is 2.12 bits per heavy atom. The summed E-state index contributed by atoms with van der Waals surface area (Å²) >= 11 is 0. The molecule has 0 heterocycles. The molecule has 1 N–H and O–H groups in total. The first kappa shape index (κ1) is 35.2. The zero-order valence-electron chi connectivity index (χ0n) is 28.5. The lowest BCUT2D eigenvalue weighted by atomic mass is 9.39. The highest BCUT2D eigenvalue weighted by atomic mass is 16.1. The van der Waals surface area contributed by atoms with Gasteiger partial charge in [-0.15, -0.1) is 0 Å². The Hall–Kier alpha value is -1.96. The van der Waals surface area contributed by atoms with Crippen molar-refractivity contribution in [2.24, 2.45) is 44.3 Å². The van der Waals surface area contributed by atoms with Crippen LogP contribution in [0.5, 0.6) is 0 Å². The third kappa shape index (κ3) is 7.17. The number of ketones is 2. The van der Waals surface area contributed by atoms with Gasteiger partial charge in [0, 0.05) is 24.8 Å². The fourth-order valence-corrected chi connectivity index (χ4v) is 8.37. The van der Waals surface area contributed by atoms with Crippen LogP contribution in [0.15, 0.2) is 11.6 Å². The van der Waals surface area contributed by atoms with E-state index in [0.717, 1.165) is 44.9 Å². The quantitative estimate of drug-likeness (QED) is 0.241. The summed E-state index contributed by atoms with van der Waals surface area (Å²) in [5, 5.41) is 13.0. The first-order valence-corrected chi connectivity index (χ1v) is 16.1. The monoisotopic (exact) mass is 568 g/mol. The molecule has 0 unspecified atom stereocenters. The van der Waals surface area contributed by atoms with E-state index in [4.69, 9.17) is 0 Å². The van der Waals surface area contributed by atoms with Crippen LogP contribution in [0, 0.1) is 55.7 Å². The maximum atomic E-state index is 13.3. The number of hydrogen-bond acceptors (Lipinski definition) is 4. The van der Waals surface area contributed by atoms with Crippen LogP contribution in [0.25, 0.3) is 0 Å². The normalized spacial score (nSPS) is 29.5. The van der Waals surface area contributed by atoms with Crippen molar-refractivity contribution in [2.45, 2.75) is 141 Å². The van der Waals surface area contributed by atoms with Gasteiger partial charge in [0.15, 0.2) is 5.78 Å². The average molecular weight is 569 g/mol. The molecule has 1 amide bonds. The molecule has 0 aromatic rings. The highest BCUT2D eigenvalue weighted by Gasteiger charge is 2.63. The lowest BCUT2D eigenvalue weighted by Crippen LogP contribution is -2.60. The van der Waals surface area contributed by atoms with Crippen molar-refractivity contribution in [3.63, 3.8) is 0 Å². The maximum absolute atomic E-state index is 13.3. The van der Waals surface area contributed by atoms with Gasteiger partial charge >= 0.3 is 0 Å². The van der Waals surface area contributed by atoms with Gasteiger partial charge in [-0.2, -0.15) is 5.26 Å². The van der Waals surface area contributed by atoms with E-state index in [1.54, 1.807) is 6.92 Å². The minimum Gasteiger partial charge on any atom is -0.356 e. The van der Waals surface area contributed by atoms with E-state index in [2.05, 4.69) is 66.8 Å². The number of rotatable bonds is 13. The number of fused-ring (bicyclic) bond motifs is 1. The summed E-state index contributed by atoms with van der Waals surface area (Å²) < 4.78 is 0. The van der Waals surface area contributed by atoms with Crippen molar-refractivity contribution in [2.75, 3.05) is 6.54 Å². The van der Waals surface area contributed by atoms with Gasteiger partial charge in [-0.25, -0.2) is 0 Å². The Morgan fingerprint density at radius 1 is 1.02 bits per heavy atom. The van der Waals surface area contributed by atoms with E-state index in [1.807, 2.05) is 26.8 Å². The molecule has 0 aromatic carbocycles. The zero-order valence-corrected chi connectivity index (χ0v) is 28.5. The number of nitrogens with zero attached hydrogens (tertiary/aromatic N) is 1. The van der Waals surface area contributed by atoms with Crippen molar-refractivity contribution in [1.29, 1.82) is 5.26 Å². The third-order valence-corrected chi connectivity index (χ3v) is 12.2. The fourth-order valence-electron chi connectivity index (χ4n) is 8.37. The number of Topliss-reactive ketones (excluding diaryl/α,β-unsaturated/α-hetero) is 2. The molecule has 0 saturated heterocycles. The molecule has 41 heavy (non-hydrogen) atoms. The molecule has 0 aliphatic heterocycles. The number of allylic oxidation sites excluding steroid dienone is 2.